The van der Waals surface area contributed by atoms with Crippen molar-refractivity contribution in [2.75, 3.05) is 12.4 Å². The Balaban J connectivity index is 1.83. The number of rotatable bonds is 6. The van der Waals surface area contributed by atoms with E-state index in [4.69, 9.17) is 4.74 Å². The molecule has 2 aromatic rings. The third-order valence-electron chi connectivity index (χ3n) is 6.06. The summed E-state index contributed by atoms with van der Waals surface area (Å²) in [5.41, 5.74) is 2.47. The van der Waals surface area contributed by atoms with Crippen molar-refractivity contribution < 1.29 is 23.9 Å². The third-order valence-corrected chi connectivity index (χ3v) is 6.06. The fourth-order valence-corrected chi connectivity index (χ4v) is 4.16. The molecule has 3 rings (SSSR count). The molecule has 1 aliphatic heterocycles. The second kappa shape index (κ2) is 8.75. The number of hydrogen-bond donors (Lipinski definition) is 3. The molecule has 0 spiro atoms. The Hall–Kier alpha value is -3.42. The van der Waals surface area contributed by atoms with Crippen LogP contribution in [0.4, 0.5) is 5.69 Å². The predicted octanol–water partition coefficient (Wildman–Crippen LogP) is 3.01. The summed E-state index contributed by atoms with van der Waals surface area (Å²) in [7, 11) is 1.31. The van der Waals surface area contributed by atoms with Crippen LogP contribution in [0.1, 0.15) is 70.8 Å². The van der Waals surface area contributed by atoms with Crippen LogP contribution in [0, 0.1) is 6.92 Å². The Morgan fingerprint density at radius 1 is 1.16 bits per heavy atom. The monoisotopic (exact) mass is 425 g/mol. The SMILES string of the molecule is CCc1[nH]c(C(=O)Nc2ccc(C3(CC)CCC(=O)NC3=O)cc2)c(C)c1C(=O)OC. The fraction of sp³-hybridized carbons (Fsp3) is 0.391. The number of ether oxygens (including phenoxy) is 1. The summed E-state index contributed by atoms with van der Waals surface area (Å²) in [6.07, 6.45) is 1.87. The molecule has 1 unspecified atom stereocenters. The number of benzene rings is 1. The van der Waals surface area contributed by atoms with Gasteiger partial charge in [-0.2, -0.15) is 0 Å². The molecule has 0 saturated carbocycles. The summed E-state index contributed by atoms with van der Waals surface area (Å²) in [5.74, 6) is -1.39. The van der Waals surface area contributed by atoms with Gasteiger partial charge < -0.3 is 15.0 Å². The molecular weight excluding hydrogens is 398 g/mol. The number of nitrogens with one attached hydrogen (secondary N) is 3. The molecule has 8 heteroatoms. The normalized spacial score (nSPS) is 18.5. The van der Waals surface area contributed by atoms with Crippen LogP contribution in [0.5, 0.6) is 0 Å². The summed E-state index contributed by atoms with van der Waals surface area (Å²) in [6, 6.07) is 7.06. The van der Waals surface area contributed by atoms with Gasteiger partial charge in [0.1, 0.15) is 5.69 Å². The number of hydrogen-bond acceptors (Lipinski definition) is 5. The van der Waals surface area contributed by atoms with Gasteiger partial charge in [-0.15, -0.1) is 0 Å². The molecule has 8 nitrogen and oxygen atoms in total. The largest absolute Gasteiger partial charge is 0.465 e. The lowest BCUT2D eigenvalue weighted by Gasteiger charge is -2.35. The molecule has 0 aliphatic carbocycles. The van der Waals surface area contributed by atoms with Crippen LogP contribution in [0.3, 0.4) is 0 Å². The van der Waals surface area contributed by atoms with E-state index in [0.29, 0.717) is 53.9 Å². The van der Waals surface area contributed by atoms with E-state index in [-0.39, 0.29) is 17.7 Å². The maximum atomic E-state index is 12.8. The Labute approximate surface area is 180 Å². The molecule has 1 fully saturated rings. The highest BCUT2D eigenvalue weighted by Gasteiger charge is 2.42. The van der Waals surface area contributed by atoms with Crippen molar-refractivity contribution in [2.45, 2.75) is 51.9 Å². The molecule has 0 bridgehead atoms. The zero-order valence-corrected chi connectivity index (χ0v) is 18.2. The lowest BCUT2D eigenvalue weighted by atomic mass is 9.72. The molecule has 1 aromatic carbocycles. The van der Waals surface area contributed by atoms with Gasteiger partial charge in [-0.05, 0) is 49.4 Å². The van der Waals surface area contributed by atoms with E-state index in [1.165, 1.54) is 7.11 Å². The number of piperidine rings is 1. The van der Waals surface area contributed by atoms with Crippen molar-refractivity contribution in [3.05, 3.63) is 52.3 Å². The first-order chi connectivity index (χ1) is 14.8. The van der Waals surface area contributed by atoms with Crippen molar-refractivity contribution in [1.29, 1.82) is 0 Å². The second-order valence-corrected chi connectivity index (χ2v) is 7.67. The predicted molar refractivity (Wildman–Crippen MR) is 115 cm³/mol. The lowest BCUT2D eigenvalue weighted by Crippen LogP contribution is -2.51. The van der Waals surface area contributed by atoms with Crippen molar-refractivity contribution in [2.24, 2.45) is 0 Å². The number of aromatic amines is 1. The molecule has 2 heterocycles. The van der Waals surface area contributed by atoms with E-state index in [1.54, 1.807) is 31.2 Å². The third kappa shape index (κ3) is 3.97. The number of imide groups is 1. The highest BCUT2D eigenvalue weighted by Crippen LogP contribution is 2.36. The van der Waals surface area contributed by atoms with Crippen LogP contribution in [-0.2, 0) is 26.2 Å². The minimum absolute atomic E-state index is 0.253. The smallest absolute Gasteiger partial charge is 0.339 e. The van der Waals surface area contributed by atoms with E-state index in [1.807, 2.05) is 13.8 Å². The fourth-order valence-electron chi connectivity index (χ4n) is 4.16. The summed E-state index contributed by atoms with van der Waals surface area (Å²) >= 11 is 0. The Bertz CT molecular complexity index is 1040. The maximum Gasteiger partial charge on any atom is 0.339 e. The van der Waals surface area contributed by atoms with E-state index < -0.39 is 11.4 Å². The number of esters is 1. The van der Waals surface area contributed by atoms with Gasteiger partial charge in [-0.3, -0.25) is 19.7 Å². The molecule has 1 aliphatic rings. The average Bonchev–Trinajstić information content (AvgIpc) is 3.11. The quantitative estimate of drug-likeness (QED) is 0.486. The van der Waals surface area contributed by atoms with Crippen LogP contribution in [0.2, 0.25) is 0 Å². The van der Waals surface area contributed by atoms with Gasteiger partial charge in [0.15, 0.2) is 0 Å². The number of carbonyl (C=O) groups is 4. The van der Waals surface area contributed by atoms with Crippen LogP contribution in [0.25, 0.3) is 0 Å². The topological polar surface area (TPSA) is 117 Å². The molecular formula is C23H27N3O5. The van der Waals surface area contributed by atoms with Crippen LogP contribution >= 0.6 is 0 Å². The van der Waals surface area contributed by atoms with Crippen molar-refractivity contribution in [1.82, 2.24) is 10.3 Å². The number of amides is 3. The summed E-state index contributed by atoms with van der Waals surface area (Å²) < 4.78 is 4.83. The molecule has 164 valence electrons. The first kappa shape index (κ1) is 22.3. The molecule has 1 saturated heterocycles. The van der Waals surface area contributed by atoms with Gasteiger partial charge in [-0.1, -0.05) is 26.0 Å². The Morgan fingerprint density at radius 3 is 2.39 bits per heavy atom. The first-order valence-corrected chi connectivity index (χ1v) is 10.3. The van der Waals surface area contributed by atoms with Crippen LogP contribution in [0.15, 0.2) is 24.3 Å². The molecule has 31 heavy (non-hydrogen) atoms. The number of H-pyrrole nitrogens is 1. The van der Waals surface area contributed by atoms with E-state index in [0.717, 1.165) is 5.56 Å². The number of methoxy groups -OCH3 is 1. The van der Waals surface area contributed by atoms with Crippen molar-refractivity contribution >= 4 is 29.4 Å². The van der Waals surface area contributed by atoms with Gasteiger partial charge in [0.2, 0.25) is 11.8 Å². The van der Waals surface area contributed by atoms with Gasteiger partial charge >= 0.3 is 5.97 Å². The van der Waals surface area contributed by atoms with E-state index >= 15 is 0 Å². The molecule has 3 N–H and O–H groups in total. The highest BCUT2D eigenvalue weighted by atomic mass is 16.5. The molecule has 3 amide bonds. The summed E-state index contributed by atoms with van der Waals surface area (Å²) in [4.78, 5) is 52.0. The zero-order chi connectivity index (χ0) is 22.8. The minimum atomic E-state index is -0.752. The lowest BCUT2D eigenvalue weighted by molar-refractivity contribution is -0.138. The Kier molecular flexibility index (Phi) is 6.29. The number of aryl methyl sites for hydroxylation is 1. The average molecular weight is 425 g/mol. The van der Waals surface area contributed by atoms with Crippen LogP contribution in [-0.4, -0.2) is 35.8 Å². The minimum Gasteiger partial charge on any atom is -0.465 e. The molecule has 1 aromatic heterocycles. The molecule has 0 radical (unpaired) electrons. The van der Waals surface area contributed by atoms with Gasteiger partial charge in [0.25, 0.3) is 5.91 Å². The van der Waals surface area contributed by atoms with Crippen molar-refractivity contribution in [3.63, 3.8) is 0 Å². The van der Waals surface area contributed by atoms with Gasteiger partial charge in [0, 0.05) is 17.8 Å². The van der Waals surface area contributed by atoms with Gasteiger partial charge in [-0.25, -0.2) is 4.79 Å². The summed E-state index contributed by atoms with van der Waals surface area (Å²) in [6.45, 7) is 5.51. The van der Waals surface area contributed by atoms with Gasteiger partial charge in [0.05, 0.1) is 18.1 Å². The number of anilines is 1. The standard InChI is InChI=1S/C23H27N3O5/c1-5-16-18(21(29)31-4)13(3)19(25-16)20(28)24-15-9-7-14(8-10-15)23(6-2)12-11-17(27)26-22(23)30/h7-10,25H,5-6,11-12H2,1-4H3,(H,24,28)(H,26,27,30). The van der Waals surface area contributed by atoms with E-state index in [9.17, 15) is 19.2 Å². The number of carbonyl (C=O) groups excluding carboxylic acids is 4. The maximum absolute atomic E-state index is 12.8. The van der Waals surface area contributed by atoms with Crippen molar-refractivity contribution in [3.8, 4) is 0 Å². The first-order valence-electron chi connectivity index (χ1n) is 10.3. The highest BCUT2D eigenvalue weighted by molar-refractivity contribution is 6.07. The molecule has 1 atom stereocenters. The van der Waals surface area contributed by atoms with E-state index in [2.05, 4.69) is 15.6 Å². The Morgan fingerprint density at radius 2 is 1.84 bits per heavy atom. The zero-order valence-electron chi connectivity index (χ0n) is 18.2. The van der Waals surface area contributed by atoms with Crippen LogP contribution < -0.4 is 10.6 Å². The second-order valence-electron chi connectivity index (χ2n) is 7.67. The summed E-state index contributed by atoms with van der Waals surface area (Å²) in [5, 5.41) is 5.25. The number of aromatic nitrogens is 1.